The number of aliphatic hydroxyl groups is 1. The minimum Gasteiger partial charge on any atom is -0.479 e. The minimum absolute atomic E-state index is 0.0217. The Morgan fingerprint density at radius 3 is 2.53 bits per heavy atom. The van der Waals surface area contributed by atoms with E-state index in [4.69, 9.17) is 33.6 Å². The molecule has 0 aliphatic carbocycles. The van der Waals surface area contributed by atoms with Crippen molar-refractivity contribution in [2.24, 2.45) is 0 Å². The Morgan fingerprint density at radius 2 is 2.07 bits per heavy atom. The first kappa shape index (κ1) is 11.8. The van der Waals surface area contributed by atoms with Crippen molar-refractivity contribution in [3.63, 3.8) is 0 Å². The van der Waals surface area contributed by atoms with Gasteiger partial charge < -0.3 is 10.2 Å². The number of benzene rings is 1. The molecule has 0 radical (unpaired) electrons. The summed E-state index contributed by atoms with van der Waals surface area (Å²) in [5.74, 6) is -1.42. The average molecular weight is 246 g/mol. The third kappa shape index (κ3) is 2.39. The van der Waals surface area contributed by atoms with Crippen LogP contribution in [0.25, 0.3) is 0 Å². The van der Waals surface area contributed by atoms with Crippen LogP contribution in [0.1, 0.15) is 17.2 Å². The number of nitriles is 1. The van der Waals surface area contributed by atoms with Gasteiger partial charge in [0.1, 0.15) is 6.07 Å². The predicted molar refractivity (Wildman–Crippen MR) is 53.8 cm³/mol. The molecule has 0 heterocycles. The van der Waals surface area contributed by atoms with E-state index in [0.29, 0.717) is 0 Å². The molecule has 0 aliphatic rings. The minimum atomic E-state index is -1.72. The summed E-state index contributed by atoms with van der Waals surface area (Å²) in [6.45, 7) is 0. The maximum atomic E-state index is 10.5. The molecular weight excluding hydrogens is 241 g/mol. The van der Waals surface area contributed by atoms with Gasteiger partial charge in [-0.05, 0) is 17.7 Å². The summed E-state index contributed by atoms with van der Waals surface area (Å²) in [7, 11) is 0. The molecule has 1 rings (SSSR count). The number of hydrogen-bond acceptors (Lipinski definition) is 3. The van der Waals surface area contributed by atoms with Gasteiger partial charge in [-0.15, -0.1) is 0 Å². The van der Waals surface area contributed by atoms with E-state index in [1.807, 2.05) is 0 Å². The van der Waals surface area contributed by atoms with E-state index in [9.17, 15) is 9.90 Å². The first-order valence-corrected chi connectivity index (χ1v) is 4.53. The lowest BCUT2D eigenvalue weighted by Gasteiger charge is -2.07. The third-order valence-electron chi connectivity index (χ3n) is 1.72. The second-order valence-electron chi connectivity index (χ2n) is 2.72. The molecule has 0 saturated carbocycles. The fraction of sp³-hybridized carbons (Fsp3) is 0.111. The molecule has 0 aromatic heterocycles. The molecule has 6 heteroatoms. The lowest BCUT2D eigenvalue weighted by Crippen LogP contribution is -2.10. The van der Waals surface area contributed by atoms with Crippen LogP contribution in [-0.4, -0.2) is 16.2 Å². The number of nitrogens with zero attached hydrogens (tertiary/aromatic N) is 1. The fourth-order valence-electron chi connectivity index (χ4n) is 0.992. The molecule has 0 fully saturated rings. The largest absolute Gasteiger partial charge is 0.479 e. The normalized spacial score (nSPS) is 11.9. The van der Waals surface area contributed by atoms with Crippen molar-refractivity contribution in [3.05, 3.63) is 33.3 Å². The van der Waals surface area contributed by atoms with E-state index in [1.54, 1.807) is 6.07 Å². The summed E-state index contributed by atoms with van der Waals surface area (Å²) in [6, 6.07) is 4.15. The number of halogens is 2. The van der Waals surface area contributed by atoms with Crippen LogP contribution in [-0.2, 0) is 4.79 Å². The molecule has 0 amide bonds. The topological polar surface area (TPSA) is 81.3 Å². The van der Waals surface area contributed by atoms with Crippen LogP contribution in [0.4, 0.5) is 0 Å². The monoisotopic (exact) mass is 245 g/mol. The van der Waals surface area contributed by atoms with Gasteiger partial charge in [0.15, 0.2) is 6.10 Å². The van der Waals surface area contributed by atoms with Crippen LogP contribution in [0, 0.1) is 11.3 Å². The molecule has 1 aromatic carbocycles. The van der Waals surface area contributed by atoms with Crippen LogP contribution in [0.2, 0.25) is 10.0 Å². The Balaban J connectivity index is 3.30. The van der Waals surface area contributed by atoms with Crippen molar-refractivity contribution in [2.45, 2.75) is 6.10 Å². The van der Waals surface area contributed by atoms with E-state index in [2.05, 4.69) is 0 Å². The smallest absolute Gasteiger partial charge is 0.337 e. The van der Waals surface area contributed by atoms with E-state index in [1.165, 1.54) is 12.1 Å². The van der Waals surface area contributed by atoms with Crippen LogP contribution < -0.4 is 0 Å². The van der Waals surface area contributed by atoms with Gasteiger partial charge in [0.05, 0.1) is 15.6 Å². The first-order chi connectivity index (χ1) is 6.97. The van der Waals surface area contributed by atoms with E-state index >= 15 is 0 Å². The second kappa shape index (κ2) is 4.49. The third-order valence-corrected chi connectivity index (χ3v) is 2.52. The van der Waals surface area contributed by atoms with Gasteiger partial charge in [0.25, 0.3) is 0 Å². The number of carboxylic acid groups (broad SMARTS) is 1. The Bertz CT molecular complexity index is 453. The van der Waals surface area contributed by atoms with Crippen molar-refractivity contribution in [1.82, 2.24) is 0 Å². The highest BCUT2D eigenvalue weighted by Crippen LogP contribution is 2.29. The van der Waals surface area contributed by atoms with Gasteiger partial charge in [-0.25, -0.2) is 4.79 Å². The lowest BCUT2D eigenvalue weighted by molar-refractivity contribution is -0.146. The van der Waals surface area contributed by atoms with Crippen LogP contribution in [0.5, 0.6) is 0 Å². The average Bonchev–Trinajstić information content (AvgIpc) is 2.20. The van der Waals surface area contributed by atoms with Crippen molar-refractivity contribution in [2.75, 3.05) is 0 Å². The molecule has 1 unspecified atom stereocenters. The Kier molecular flexibility index (Phi) is 3.53. The Hall–Kier alpha value is -1.28. The predicted octanol–water partition coefficient (Wildman–Crippen LogP) is 1.98. The fourth-order valence-corrected chi connectivity index (χ4v) is 1.37. The highest BCUT2D eigenvalue weighted by Gasteiger charge is 2.18. The summed E-state index contributed by atoms with van der Waals surface area (Å²) >= 11 is 11.3. The zero-order valence-corrected chi connectivity index (χ0v) is 8.75. The molecule has 4 nitrogen and oxygen atoms in total. The second-order valence-corrected chi connectivity index (χ2v) is 3.50. The molecule has 78 valence electrons. The van der Waals surface area contributed by atoms with Crippen LogP contribution in [0.3, 0.4) is 0 Å². The molecule has 2 N–H and O–H groups in total. The highest BCUT2D eigenvalue weighted by atomic mass is 35.5. The zero-order chi connectivity index (χ0) is 11.6. The number of carbonyl (C=O) groups is 1. The number of hydrogen-bond donors (Lipinski definition) is 2. The molecule has 0 spiro atoms. The first-order valence-electron chi connectivity index (χ1n) is 3.77. The molecule has 0 aliphatic heterocycles. The SMILES string of the molecule is N#Cc1cc(C(O)C(=O)O)cc(Cl)c1Cl. The number of aliphatic hydroxyl groups excluding tert-OH is 1. The number of rotatable bonds is 2. The van der Waals surface area contributed by atoms with Gasteiger partial charge in [0, 0.05) is 0 Å². The Morgan fingerprint density at radius 1 is 1.47 bits per heavy atom. The van der Waals surface area contributed by atoms with Crippen LogP contribution >= 0.6 is 23.2 Å². The van der Waals surface area contributed by atoms with Gasteiger partial charge in [-0.3, -0.25) is 0 Å². The molecule has 0 bridgehead atoms. The van der Waals surface area contributed by atoms with Gasteiger partial charge in [-0.2, -0.15) is 5.26 Å². The van der Waals surface area contributed by atoms with Gasteiger partial charge in [0.2, 0.25) is 0 Å². The molecule has 0 saturated heterocycles. The Labute approximate surface area is 95.3 Å². The van der Waals surface area contributed by atoms with E-state index in [-0.39, 0.29) is 21.2 Å². The standard InChI is InChI=1S/C9H5Cl2NO3/c10-6-2-4(8(13)9(14)15)1-5(3-12)7(6)11/h1-2,8,13H,(H,14,15). The maximum absolute atomic E-state index is 10.5. The maximum Gasteiger partial charge on any atom is 0.337 e. The van der Waals surface area contributed by atoms with Crippen molar-refractivity contribution in [1.29, 1.82) is 5.26 Å². The quantitative estimate of drug-likeness (QED) is 0.835. The molecule has 15 heavy (non-hydrogen) atoms. The van der Waals surface area contributed by atoms with Crippen molar-refractivity contribution >= 4 is 29.2 Å². The summed E-state index contributed by atoms with van der Waals surface area (Å²) in [6.07, 6.45) is -1.72. The highest BCUT2D eigenvalue weighted by molar-refractivity contribution is 6.42. The van der Waals surface area contributed by atoms with E-state index < -0.39 is 12.1 Å². The number of aliphatic carboxylic acids is 1. The lowest BCUT2D eigenvalue weighted by atomic mass is 10.1. The van der Waals surface area contributed by atoms with Gasteiger partial charge in [-0.1, -0.05) is 23.2 Å². The molecular formula is C9H5Cl2NO3. The van der Waals surface area contributed by atoms with Gasteiger partial charge >= 0.3 is 5.97 Å². The summed E-state index contributed by atoms with van der Waals surface area (Å²) in [5, 5.41) is 26.5. The summed E-state index contributed by atoms with van der Waals surface area (Å²) in [4.78, 5) is 10.5. The van der Waals surface area contributed by atoms with Crippen molar-refractivity contribution < 1.29 is 15.0 Å². The van der Waals surface area contributed by atoms with Crippen molar-refractivity contribution in [3.8, 4) is 6.07 Å². The molecule has 1 atom stereocenters. The summed E-state index contributed by atoms with van der Waals surface area (Å²) < 4.78 is 0. The number of carboxylic acids is 1. The van der Waals surface area contributed by atoms with E-state index in [0.717, 1.165) is 0 Å². The zero-order valence-electron chi connectivity index (χ0n) is 7.24. The summed E-state index contributed by atoms with van der Waals surface area (Å²) in [5.41, 5.74) is 0.0490. The molecule has 1 aromatic rings. The van der Waals surface area contributed by atoms with Crippen LogP contribution in [0.15, 0.2) is 12.1 Å².